The molecule has 0 radical (unpaired) electrons. The van der Waals surface area contributed by atoms with Crippen LogP contribution in [0.15, 0.2) is 18.2 Å². The van der Waals surface area contributed by atoms with Crippen molar-refractivity contribution in [1.29, 1.82) is 0 Å². The second kappa shape index (κ2) is 6.42. The Morgan fingerprint density at radius 3 is 2.68 bits per heavy atom. The zero-order chi connectivity index (χ0) is 14.5. The number of carbonyl (C=O) groups excluding carboxylic acids is 1. The lowest BCUT2D eigenvalue weighted by Gasteiger charge is -2.09. The summed E-state index contributed by atoms with van der Waals surface area (Å²) in [6, 6.07) is 4.64. The molecule has 0 aliphatic rings. The van der Waals surface area contributed by atoms with Gasteiger partial charge in [-0.25, -0.2) is 8.42 Å². The quantitative estimate of drug-likeness (QED) is 0.609. The number of esters is 1. The van der Waals surface area contributed by atoms with E-state index in [9.17, 15) is 18.3 Å². The van der Waals surface area contributed by atoms with E-state index in [4.69, 9.17) is 0 Å². The van der Waals surface area contributed by atoms with Gasteiger partial charge in [0.15, 0.2) is 0 Å². The minimum Gasteiger partial charge on any atom is -0.506 e. The molecular weight excluding hydrogens is 270 g/mol. The van der Waals surface area contributed by atoms with Crippen molar-refractivity contribution in [2.75, 3.05) is 17.6 Å². The molecule has 1 rings (SSSR count). The van der Waals surface area contributed by atoms with E-state index in [1.807, 2.05) is 0 Å². The van der Waals surface area contributed by atoms with Crippen LogP contribution in [0.5, 0.6) is 5.75 Å². The zero-order valence-corrected chi connectivity index (χ0v) is 11.7. The van der Waals surface area contributed by atoms with Gasteiger partial charge in [0.2, 0.25) is 10.0 Å². The van der Waals surface area contributed by atoms with Crippen LogP contribution in [0.3, 0.4) is 0 Å². The van der Waals surface area contributed by atoms with Crippen LogP contribution >= 0.6 is 0 Å². The minimum absolute atomic E-state index is 0.0390. The van der Waals surface area contributed by atoms with Gasteiger partial charge >= 0.3 is 5.97 Å². The van der Waals surface area contributed by atoms with E-state index < -0.39 is 16.0 Å². The molecule has 0 fully saturated rings. The number of methoxy groups -OCH3 is 1. The lowest BCUT2D eigenvalue weighted by molar-refractivity contribution is -0.140. The fourth-order valence-electron chi connectivity index (χ4n) is 1.46. The van der Waals surface area contributed by atoms with Crippen molar-refractivity contribution in [1.82, 2.24) is 0 Å². The van der Waals surface area contributed by atoms with Crippen LogP contribution in [0.4, 0.5) is 5.69 Å². The van der Waals surface area contributed by atoms with Gasteiger partial charge in [0.25, 0.3) is 0 Å². The average Bonchev–Trinajstić information content (AvgIpc) is 2.32. The number of hydrogen-bond acceptors (Lipinski definition) is 5. The van der Waals surface area contributed by atoms with Crippen molar-refractivity contribution in [2.45, 2.75) is 19.8 Å². The summed E-state index contributed by atoms with van der Waals surface area (Å²) in [4.78, 5) is 10.9. The molecule has 0 amide bonds. The molecule has 0 atom stereocenters. The third-order valence-electron chi connectivity index (χ3n) is 2.44. The first-order chi connectivity index (χ1) is 8.84. The number of aromatic hydroxyl groups is 1. The summed E-state index contributed by atoms with van der Waals surface area (Å²) in [6.07, 6.45) is 0.200. The fraction of sp³-hybridized carbons (Fsp3) is 0.417. The molecule has 6 nitrogen and oxygen atoms in total. The smallest absolute Gasteiger partial charge is 0.305 e. The first kappa shape index (κ1) is 15.3. The summed E-state index contributed by atoms with van der Waals surface area (Å²) in [6.45, 7) is 1.79. The highest BCUT2D eigenvalue weighted by Crippen LogP contribution is 2.25. The largest absolute Gasteiger partial charge is 0.506 e. The molecule has 106 valence electrons. The Hall–Kier alpha value is -1.76. The zero-order valence-electron chi connectivity index (χ0n) is 10.8. The number of nitrogens with one attached hydrogen (secondary N) is 1. The lowest BCUT2D eigenvalue weighted by Crippen LogP contribution is -2.17. The topological polar surface area (TPSA) is 92.7 Å². The molecule has 1 aromatic rings. The average molecular weight is 287 g/mol. The summed E-state index contributed by atoms with van der Waals surface area (Å²) in [5.74, 6) is -0.792. The first-order valence-corrected chi connectivity index (χ1v) is 7.36. The Labute approximate surface area is 112 Å². The van der Waals surface area contributed by atoms with E-state index in [-0.39, 0.29) is 30.0 Å². The molecule has 2 N–H and O–H groups in total. The minimum atomic E-state index is -3.59. The summed E-state index contributed by atoms with van der Waals surface area (Å²) >= 11 is 0. The molecule has 0 aliphatic carbocycles. The monoisotopic (exact) mass is 287 g/mol. The number of carbonyl (C=O) groups is 1. The number of phenols is 1. The second-order valence-electron chi connectivity index (χ2n) is 4.12. The number of hydrogen-bond donors (Lipinski definition) is 2. The van der Waals surface area contributed by atoms with Crippen molar-refractivity contribution in [3.8, 4) is 5.75 Å². The molecule has 0 unspecified atom stereocenters. The Bertz CT molecular complexity index is 553. The van der Waals surface area contributed by atoms with Crippen molar-refractivity contribution >= 4 is 21.7 Å². The standard InChI is InChI=1S/C12H17NO5S/c1-9-5-6-10(11(14)8-9)13-19(16,17)7-3-4-12(15)18-2/h5-6,8,13-14H,3-4,7H2,1-2H3. The van der Waals surface area contributed by atoms with Gasteiger partial charge in [-0.2, -0.15) is 0 Å². The fourth-order valence-corrected chi connectivity index (χ4v) is 2.59. The van der Waals surface area contributed by atoms with Crippen LogP contribution in [-0.4, -0.2) is 32.4 Å². The van der Waals surface area contributed by atoms with Crippen LogP contribution in [0.1, 0.15) is 18.4 Å². The number of aryl methyl sites for hydroxylation is 1. The molecule has 0 heterocycles. The van der Waals surface area contributed by atoms with E-state index >= 15 is 0 Å². The van der Waals surface area contributed by atoms with Gasteiger partial charge < -0.3 is 9.84 Å². The van der Waals surface area contributed by atoms with Crippen molar-refractivity contribution < 1.29 is 23.1 Å². The maximum absolute atomic E-state index is 11.7. The lowest BCUT2D eigenvalue weighted by atomic mass is 10.2. The van der Waals surface area contributed by atoms with Crippen molar-refractivity contribution in [2.24, 2.45) is 0 Å². The molecule has 0 aromatic heterocycles. The van der Waals surface area contributed by atoms with Crippen LogP contribution in [0, 0.1) is 6.92 Å². The van der Waals surface area contributed by atoms with Gasteiger partial charge in [-0.1, -0.05) is 6.07 Å². The summed E-state index contributed by atoms with van der Waals surface area (Å²) < 4.78 is 30.2. The summed E-state index contributed by atoms with van der Waals surface area (Å²) in [5.41, 5.74) is 0.954. The second-order valence-corrected chi connectivity index (χ2v) is 5.96. The summed E-state index contributed by atoms with van der Waals surface area (Å²) in [7, 11) is -2.34. The van der Waals surface area contributed by atoms with E-state index in [1.54, 1.807) is 13.0 Å². The van der Waals surface area contributed by atoms with Gasteiger partial charge in [0.05, 0.1) is 18.6 Å². The van der Waals surface area contributed by atoms with Crippen LogP contribution < -0.4 is 4.72 Å². The Balaban J connectivity index is 2.61. The number of phenolic OH excluding ortho intramolecular Hbond substituents is 1. The molecular formula is C12H17NO5S. The molecule has 0 aliphatic heterocycles. The molecule has 0 spiro atoms. The first-order valence-electron chi connectivity index (χ1n) is 5.71. The van der Waals surface area contributed by atoms with E-state index in [2.05, 4.69) is 9.46 Å². The van der Waals surface area contributed by atoms with Gasteiger partial charge in [0.1, 0.15) is 5.75 Å². The third kappa shape index (κ3) is 5.17. The Morgan fingerprint density at radius 2 is 2.11 bits per heavy atom. The third-order valence-corrected chi connectivity index (χ3v) is 3.80. The molecule has 19 heavy (non-hydrogen) atoms. The van der Waals surface area contributed by atoms with Gasteiger partial charge in [-0.15, -0.1) is 0 Å². The maximum atomic E-state index is 11.7. The molecule has 1 aromatic carbocycles. The number of rotatable bonds is 6. The van der Waals surface area contributed by atoms with Crippen LogP contribution in [-0.2, 0) is 19.6 Å². The predicted molar refractivity (Wildman–Crippen MR) is 71.5 cm³/mol. The van der Waals surface area contributed by atoms with Gasteiger partial charge in [-0.3, -0.25) is 9.52 Å². The highest BCUT2D eigenvalue weighted by molar-refractivity contribution is 7.92. The highest BCUT2D eigenvalue weighted by atomic mass is 32.2. The van der Waals surface area contributed by atoms with E-state index in [0.717, 1.165) is 5.56 Å². The number of ether oxygens (including phenoxy) is 1. The molecule has 0 saturated carbocycles. The van der Waals surface area contributed by atoms with Crippen molar-refractivity contribution in [3.05, 3.63) is 23.8 Å². The van der Waals surface area contributed by atoms with Crippen LogP contribution in [0.25, 0.3) is 0 Å². The number of anilines is 1. The molecule has 0 saturated heterocycles. The van der Waals surface area contributed by atoms with Gasteiger partial charge in [-0.05, 0) is 31.0 Å². The van der Waals surface area contributed by atoms with E-state index in [0.29, 0.717) is 0 Å². The molecule has 7 heteroatoms. The number of sulfonamides is 1. The van der Waals surface area contributed by atoms with Crippen LogP contribution in [0.2, 0.25) is 0 Å². The summed E-state index contributed by atoms with van der Waals surface area (Å²) in [5, 5.41) is 9.61. The predicted octanol–water partition coefficient (Wildman–Crippen LogP) is 1.40. The molecule has 0 bridgehead atoms. The number of benzene rings is 1. The Morgan fingerprint density at radius 1 is 1.42 bits per heavy atom. The Kier molecular flexibility index (Phi) is 5.17. The highest BCUT2D eigenvalue weighted by Gasteiger charge is 2.14. The van der Waals surface area contributed by atoms with Crippen molar-refractivity contribution in [3.63, 3.8) is 0 Å². The normalized spacial score (nSPS) is 11.1. The SMILES string of the molecule is COC(=O)CCCS(=O)(=O)Nc1ccc(C)cc1O. The maximum Gasteiger partial charge on any atom is 0.305 e. The van der Waals surface area contributed by atoms with E-state index in [1.165, 1.54) is 19.2 Å². The van der Waals surface area contributed by atoms with Gasteiger partial charge in [0, 0.05) is 6.42 Å².